The SMILES string of the molecule is C=CC(=C)C(=CCC(CC)=C(C)CCC(CC)C(C=C)=CCC(=CCC=CC)CC)CC. The van der Waals surface area contributed by atoms with Crippen molar-refractivity contribution in [1.82, 2.24) is 0 Å². The molecule has 0 aliphatic heterocycles. The van der Waals surface area contributed by atoms with Gasteiger partial charge in [-0.1, -0.05) is 107 Å². The van der Waals surface area contributed by atoms with Gasteiger partial charge in [0, 0.05) is 0 Å². The van der Waals surface area contributed by atoms with Crippen molar-refractivity contribution in [3.63, 3.8) is 0 Å². The summed E-state index contributed by atoms with van der Waals surface area (Å²) in [7, 11) is 0. The Morgan fingerprint density at radius 3 is 2.09 bits per heavy atom. The largest absolute Gasteiger partial charge is 0.0988 e. The van der Waals surface area contributed by atoms with Gasteiger partial charge in [-0.15, -0.1) is 0 Å². The van der Waals surface area contributed by atoms with E-state index in [2.05, 4.69) is 97.7 Å². The molecule has 178 valence electrons. The lowest BCUT2D eigenvalue weighted by Crippen LogP contribution is -2.03. The Balaban J connectivity index is 5.31. The fourth-order valence-electron chi connectivity index (χ4n) is 4.08. The molecule has 0 saturated heterocycles. The molecule has 0 amide bonds. The molecule has 32 heavy (non-hydrogen) atoms. The van der Waals surface area contributed by atoms with Crippen LogP contribution in [0.15, 0.2) is 95.7 Å². The lowest BCUT2D eigenvalue weighted by Gasteiger charge is -2.18. The van der Waals surface area contributed by atoms with Gasteiger partial charge in [-0.05, 0) is 94.3 Å². The van der Waals surface area contributed by atoms with E-state index in [0.29, 0.717) is 5.92 Å². The Hall–Kier alpha value is -2.08. The molecule has 1 atom stereocenters. The van der Waals surface area contributed by atoms with Crippen LogP contribution in [-0.4, -0.2) is 0 Å². The molecule has 0 N–H and O–H groups in total. The zero-order chi connectivity index (χ0) is 24.4. The minimum Gasteiger partial charge on any atom is -0.0988 e. The summed E-state index contributed by atoms with van der Waals surface area (Å²) < 4.78 is 0. The molecule has 1 unspecified atom stereocenters. The summed E-state index contributed by atoms with van der Waals surface area (Å²) in [4.78, 5) is 0. The smallest absolute Gasteiger partial charge is 0.0130 e. The van der Waals surface area contributed by atoms with Gasteiger partial charge in [-0.25, -0.2) is 0 Å². The van der Waals surface area contributed by atoms with Crippen LogP contribution in [0.1, 0.15) is 99.3 Å². The first-order valence-electron chi connectivity index (χ1n) is 12.7. The van der Waals surface area contributed by atoms with E-state index >= 15 is 0 Å². The number of allylic oxidation sites excluding steroid dienone is 13. The highest BCUT2D eigenvalue weighted by molar-refractivity contribution is 5.37. The number of hydrogen-bond donors (Lipinski definition) is 0. The molecule has 0 aliphatic carbocycles. The quantitative estimate of drug-likeness (QED) is 0.158. The third-order valence-corrected chi connectivity index (χ3v) is 6.57. The van der Waals surface area contributed by atoms with Crippen molar-refractivity contribution in [1.29, 1.82) is 0 Å². The summed E-state index contributed by atoms with van der Waals surface area (Å²) in [5.74, 6) is 0.580. The molecule has 0 saturated carbocycles. The molecule has 0 aromatic carbocycles. The van der Waals surface area contributed by atoms with Crippen molar-refractivity contribution in [2.24, 2.45) is 5.92 Å². The minimum atomic E-state index is 0.580. The van der Waals surface area contributed by atoms with Crippen LogP contribution in [0.5, 0.6) is 0 Å². The highest BCUT2D eigenvalue weighted by Crippen LogP contribution is 2.28. The van der Waals surface area contributed by atoms with Gasteiger partial charge in [0.1, 0.15) is 0 Å². The third kappa shape index (κ3) is 11.5. The normalized spacial score (nSPS) is 15.0. The Morgan fingerprint density at radius 1 is 0.875 bits per heavy atom. The van der Waals surface area contributed by atoms with Crippen LogP contribution in [0.3, 0.4) is 0 Å². The van der Waals surface area contributed by atoms with Gasteiger partial charge in [-0.3, -0.25) is 0 Å². The summed E-state index contributed by atoms with van der Waals surface area (Å²) in [6.45, 7) is 25.6. The van der Waals surface area contributed by atoms with Crippen LogP contribution in [0.4, 0.5) is 0 Å². The molecule has 0 fully saturated rings. The average molecular weight is 435 g/mol. The molecular formula is C32H50. The first kappa shape index (κ1) is 29.9. The summed E-state index contributed by atoms with van der Waals surface area (Å²) in [6.07, 6.45) is 25.3. The predicted molar refractivity (Wildman–Crippen MR) is 149 cm³/mol. The van der Waals surface area contributed by atoms with Crippen molar-refractivity contribution < 1.29 is 0 Å². The van der Waals surface area contributed by atoms with Crippen LogP contribution in [0, 0.1) is 5.92 Å². The number of rotatable bonds is 17. The van der Waals surface area contributed by atoms with E-state index in [1.807, 2.05) is 6.08 Å². The lowest BCUT2D eigenvalue weighted by molar-refractivity contribution is 0.547. The molecule has 0 rings (SSSR count). The molecule has 0 spiro atoms. The second-order valence-corrected chi connectivity index (χ2v) is 8.53. The predicted octanol–water partition coefficient (Wildman–Crippen LogP) is 10.8. The first-order chi connectivity index (χ1) is 15.4. The van der Waals surface area contributed by atoms with E-state index in [1.165, 1.54) is 23.1 Å². The first-order valence-corrected chi connectivity index (χ1v) is 12.7. The van der Waals surface area contributed by atoms with Crippen LogP contribution in [0.25, 0.3) is 0 Å². The summed E-state index contributed by atoms with van der Waals surface area (Å²) in [5, 5.41) is 0. The maximum absolute atomic E-state index is 4.14. The van der Waals surface area contributed by atoms with Crippen molar-refractivity contribution in [2.45, 2.75) is 99.3 Å². The van der Waals surface area contributed by atoms with Crippen molar-refractivity contribution >= 4 is 0 Å². The Morgan fingerprint density at radius 2 is 1.59 bits per heavy atom. The second-order valence-electron chi connectivity index (χ2n) is 8.53. The Kier molecular flexibility index (Phi) is 17.3. The maximum atomic E-state index is 4.14. The molecule has 0 radical (unpaired) electrons. The highest BCUT2D eigenvalue weighted by atomic mass is 14.2. The van der Waals surface area contributed by atoms with E-state index in [-0.39, 0.29) is 0 Å². The summed E-state index contributed by atoms with van der Waals surface area (Å²) in [6, 6.07) is 0. The molecule has 0 bridgehead atoms. The molecule has 0 aromatic heterocycles. The minimum absolute atomic E-state index is 0.580. The van der Waals surface area contributed by atoms with E-state index in [1.54, 1.807) is 11.1 Å². The zero-order valence-corrected chi connectivity index (χ0v) is 22.1. The van der Waals surface area contributed by atoms with Crippen LogP contribution >= 0.6 is 0 Å². The monoisotopic (exact) mass is 434 g/mol. The Labute approximate surface area is 201 Å². The molecule has 0 heteroatoms. The maximum Gasteiger partial charge on any atom is -0.0130 e. The topological polar surface area (TPSA) is 0 Å². The van der Waals surface area contributed by atoms with Gasteiger partial charge >= 0.3 is 0 Å². The lowest BCUT2D eigenvalue weighted by atomic mass is 9.87. The van der Waals surface area contributed by atoms with Crippen molar-refractivity contribution in [3.8, 4) is 0 Å². The van der Waals surface area contributed by atoms with Gasteiger partial charge < -0.3 is 0 Å². The average Bonchev–Trinajstić information content (AvgIpc) is 2.82. The standard InChI is InChI=1S/C32H50/c1-10-17-18-19-28(12-3)21-23-32(16-7)31(15-6)22-20-27(9)30(14-5)25-24-29(13-4)26(8)11-2/h10-11,16-17,19,23-24,31H,2,7-8,12-15,18,20-22,25H2,1,3-6,9H3. The molecule has 0 heterocycles. The third-order valence-electron chi connectivity index (χ3n) is 6.57. The zero-order valence-electron chi connectivity index (χ0n) is 22.1. The molecule has 0 aliphatic rings. The van der Waals surface area contributed by atoms with Gasteiger partial charge in [0.2, 0.25) is 0 Å². The van der Waals surface area contributed by atoms with Crippen LogP contribution in [-0.2, 0) is 0 Å². The van der Waals surface area contributed by atoms with Crippen molar-refractivity contribution in [3.05, 3.63) is 95.7 Å². The second kappa shape index (κ2) is 18.5. The fourth-order valence-corrected chi connectivity index (χ4v) is 4.08. The fraction of sp³-hybridized carbons (Fsp3) is 0.500. The summed E-state index contributed by atoms with van der Waals surface area (Å²) in [5.41, 5.74) is 8.41. The van der Waals surface area contributed by atoms with Crippen LogP contribution in [0.2, 0.25) is 0 Å². The summed E-state index contributed by atoms with van der Waals surface area (Å²) >= 11 is 0. The van der Waals surface area contributed by atoms with E-state index in [4.69, 9.17) is 0 Å². The van der Waals surface area contributed by atoms with Crippen molar-refractivity contribution in [2.75, 3.05) is 0 Å². The highest BCUT2D eigenvalue weighted by Gasteiger charge is 2.11. The van der Waals surface area contributed by atoms with Crippen LogP contribution < -0.4 is 0 Å². The Bertz CT molecular complexity index is 730. The molecule has 0 nitrogen and oxygen atoms in total. The van der Waals surface area contributed by atoms with Gasteiger partial charge in [-0.2, -0.15) is 0 Å². The van der Waals surface area contributed by atoms with Gasteiger partial charge in [0.15, 0.2) is 0 Å². The molecular weight excluding hydrogens is 384 g/mol. The van der Waals surface area contributed by atoms with E-state index in [9.17, 15) is 0 Å². The molecule has 0 aromatic rings. The van der Waals surface area contributed by atoms with Gasteiger partial charge in [0.25, 0.3) is 0 Å². The van der Waals surface area contributed by atoms with Gasteiger partial charge in [0.05, 0.1) is 0 Å². The van der Waals surface area contributed by atoms with E-state index in [0.717, 1.165) is 56.9 Å². The van der Waals surface area contributed by atoms with E-state index < -0.39 is 0 Å². The number of hydrogen-bond acceptors (Lipinski definition) is 0.